The maximum atomic E-state index is 6.20. The second-order valence-corrected chi connectivity index (χ2v) is 5.08. The Morgan fingerprint density at radius 1 is 1.41 bits per heavy atom. The summed E-state index contributed by atoms with van der Waals surface area (Å²) in [6.45, 7) is 1.64. The maximum absolute atomic E-state index is 6.20. The summed E-state index contributed by atoms with van der Waals surface area (Å²) in [5.74, 6) is 0.913. The highest BCUT2D eigenvalue weighted by Crippen LogP contribution is 2.33. The number of hydrogen-bond acceptors (Lipinski definition) is 2. The van der Waals surface area contributed by atoms with Crippen LogP contribution < -0.4 is 5.32 Å². The third-order valence-corrected chi connectivity index (χ3v) is 3.53. The molecule has 3 heteroatoms. The summed E-state index contributed by atoms with van der Waals surface area (Å²) in [4.78, 5) is 0. The minimum Gasteiger partial charge on any atom is -0.372 e. The molecule has 0 radical (unpaired) electrons. The molecule has 2 rings (SSSR count). The van der Waals surface area contributed by atoms with E-state index < -0.39 is 0 Å². The van der Waals surface area contributed by atoms with E-state index >= 15 is 0 Å². The molecule has 1 aromatic carbocycles. The van der Waals surface area contributed by atoms with Gasteiger partial charge in [0.15, 0.2) is 0 Å². The Morgan fingerprint density at radius 2 is 2.18 bits per heavy atom. The molecule has 0 bridgehead atoms. The number of rotatable bonds is 7. The maximum Gasteiger partial charge on any atom is 0.0963 e. The van der Waals surface area contributed by atoms with E-state index in [2.05, 4.69) is 5.32 Å². The molecule has 94 valence electrons. The zero-order chi connectivity index (χ0) is 12.1. The zero-order valence-corrected chi connectivity index (χ0v) is 11.0. The van der Waals surface area contributed by atoms with Crippen molar-refractivity contribution in [3.05, 3.63) is 34.9 Å². The molecule has 1 aromatic rings. The van der Waals surface area contributed by atoms with Crippen LogP contribution in [0.25, 0.3) is 0 Å². The fourth-order valence-corrected chi connectivity index (χ4v) is 2.22. The molecule has 1 aliphatic rings. The predicted octanol–water partition coefficient (Wildman–Crippen LogP) is 3.42. The van der Waals surface area contributed by atoms with Gasteiger partial charge in [-0.15, -0.1) is 0 Å². The highest BCUT2D eigenvalue weighted by molar-refractivity contribution is 6.31. The van der Waals surface area contributed by atoms with Gasteiger partial charge in [0.1, 0.15) is 0 Å². The van der Waals surface area contributed by atoms with E-state index in [9.17, 15) is 0 Å². The van der Waals surface area contributed by atoms with Crippen LogP contribution in [-0.2, 0) is 4.74 Å². The van der Waals surface area contributed by atoms with Crippen molar-refractivity contribution in [3.8, 4) is 0 Å². The lowest BCUT2D eigenvalue weighted by Crippen LogP contribution is -2.20. The minimum absolute atomic E-state index is 0.0625. The van der Waals surface area contributed by atoms with Crippen molar-refractivity contribution in [2.24, 2.45) is 5.92 Å². The highest BCUT2D eigenvalue weighted by atomic mass is 35.5. The molecule has 1 fully saturated rings. The first-order chi connectivity index (χ1) is 8.31. The average molecular weight is 254 g/mol. The molecule has 0 spiro atoms. The Labute approximate surface area is 108 Å². The van der Waals surface area contributed by atoms with E-state index in [-0.39, 0.29) is 6.10 Å². The molecule has 1 unspecified atom stereocenters. The molecule has 0 aromatic heterocycles. The summed E-state index contributed by atoms with van der Waals surface area (Å²) in [6.07, 6.45) is 4.01. The fraction of sp³-hybridized carbons (Fsp3) is 0.571. The van der Waals surface area contributed by atoms with Gasteiger partial charge in [-0.05, 0) is 25.5 Å². The van der Waals surface area contributed by atoms with Crippen LogP contribution >= 0.6 is 11.6 Å². The first-order valence-corrected chi connectivity index (χ1v) is 6.69. The minimum atomic E-state index is 0.0625. The molecule has 0 aliphatic heterocycles. The number of hydrogen-bond donors (Lipinski definition) is 1. The number of nitrogens with one attached hydrogen (secondary N) is 1. The normalized spacial score (nSPS) is 17.1. The van der Waals surface area contributed by atoms with E-state index in [4.69, 9.17) is 16.3 Å². The fourth-order valence-electron chi connectivity index (χ4n) is 1.96. The van der Waals surface area contributed by atoms with Crippen molar-refractivity contribution in [2.75, 3.05) is 20.2 Å². The van der Waals surface area contributed by atoms with E-state index in [0.717, 1.165) is 29.7 Å². The largest absolute Gasteiger partial charge is 0.372 e. The van der Waals surface area contributed by atoms with Gasteiger partial charge in [0.2, 0.25) is 0 Å². The Hall–Kier alpha value is -0.570. The number of ether oxygens (including phenoxy) is 1. The van der Waals surface area contributed by atoms with Crippen LogP contribution in [0.2, 0.25) is 5.02 Å². The van der Waals surface area contributed by atoms with Crippen LogP contribution in [0.4, 0.5) is 0 Å². The smallest absolute Gasteiger partial charge is 0.0963 e. The lowest BCUT2D eigenvalue weighted by atomic mass is 10.1. The van der Waals surface area contributed by atoms with Crippen LogP contribution in [0.3, 0.4) is 0 Å². The quantitative estimate of drug-likeness (QED) is 0.804. The van der Waals surface area contributed by atoms with Gasteiger partial charge in [0.25, 0.3) is 0 Å². The summed E-state index contributed by atoms with van der Waals surface area (Å²) in [5.41, 5.74) is 1.08. The first-order valence-electron chi connectivity index (χ1n) is 6.32. The van der Waals surface area contributed by atoms with Crippen LogP contribution in [0, 0.1) is 5.92 Å². The van der Waals surface area contributed by atoms with Crippen molar-refractivity contribution in [2.45, 2.75) is 25.4 Å². The SMILES string of the molecule is CNCC(OCCC1CC1)c1ccccc1Cl. The topological polar surface area (TPSA) is 21.3 Å². The lowest BCUT2D eigenvalue weighted by molar-refractivity contribution is 0.0499. The molecule has 0 saturated heterocycles. The molecular formula is C14H20ClNO. The second kappa shape index (κ2) is 6.39. The van der Waals surface area contributed by atoms with E-state index in [1.54, 1.807) is 0 Å². The van der Waals surface area contributed by atoms with E-state index in [0.29, 0.717) is 0 Å². The van der Waals surface area contributed by atoms with Crippen molar-refractivity contribution in [1.82, 2.24) is 5.32 Å². The number of halogens is 1. The summed E-state index contributed by atoms with van der Waals surface area (Å²) in [6, 6.07) is 7.92. The summed E-state index contributed by atoms with van der Waals surface area (Å²) >= 11 is 6.20. The molecule has 0 amide bonds. The van der Waals surface area contributed by atoms with Crippen LogP contribution in [0.1, 0.15) is 30.9 Å². The predicted molar refractivity (Wildman–Crippen MR) is 71.4 cm³/mol. The van der Waals surface area contributed by atoms with Gasteiger partial charge < -0.3 is 10.1 Å². The van der Waals surface area contributed by atoms with Gasteiger partial charge in [-0.1, -0.05) is 42.6 Å². The Balaban J connectivity index is 1.92. The number of benzene rings is 1. The van der Waals surface area contributed by atoms with Crippen molar-refractivity contribution < 1.29 is 4.74 Å². The van der Waals surface area contributed by atoms with Gasteiger partial charge in [0.05, 0.1) is 6.10 Å². The molecule has 0 heterocycles. The van der Waals surface area contributed by atoms with Gasteiger partial charge >= 0.3 is 0 Å². The first kappa shape index (κ1) is 12.9. The third kappa shape index (κ3) is 3.98. The molecule has 1 atom stereocenters. The van der Waals surface area contributed by atoms with Crippen LogP contribution in [0.15, 0.2) is 24.3 Å². The van der Waals surface area contributed by atoms with Gasteiger partial charge in [-0.3, -0.25) is 0 Å². The summed E-state index contributed by atoms with van der Waals surface area (Å²) in [7, 11) is 1.94. The average Bonchev–Trinajstić information content (AvgIpc) is 3.13. The summed E-state index contributed by atoms with van der Waals surface area (Å²) < 4.78 is 5.95. The standard InChI is InChI=1S/C14H20ClNO/c1-16-10-14(17-9-8-11-6-7-11)12-4-2-3-5-13(12)15/h2-5,11,14,16H,6-10H2,1H3. The van der Waals surface area contributed by atoms with Crippen molar-refractivity contribution in [1.29, 1.82) is 0 Å². The second-order valence-electron chi connectivity index (χ2n) is 4.67. The zero-order valence-electron chi connectivity index (χ0n) is 10.3. The lowest BCUT2D eigenvalue weighted by Gasteiger charge is -2.19. The Bertz CT molecular complexity index is 352. The Morgan fingerprint density at radius 3 is 2.82 bits per heavy atom. The molecular weight excluding hydrogens is 234 g/mol. The van der Waals surface area contributed by atoms with Gasteiger partial charge in [-0.2, -0.15) is 0 Å². The van der Waals surface area contributed by atoms with Gasteiger partial charge in [0, 0.05) is 23.7 Å². The van der Waals surface area contributed by atoms with E-state index in [1.807, 2.05) is 31.3 Å². The highest BCUT2D eigenvalue weighted by Gasteiger charge is 2.22. The van der Waals surface area contributed by atoms with Crippen LogP contribution in [-0.4, -0.2) is 20.2 Å². The molecule has 2 nitrogen and oxygen atoms in total. The molecule has 17 heavy (non-hydrogen) atoms. The van der Waals surface area contributed by atoms with Crippen LogP contribution in [0.5, 0.6) is 0 Å². The molecule has 1 aliphatic carbocycles. The monoisotopic (exact) mass is 253 g/mol. The molecule has 1 N–H and O–H groups in total. The summed E-state index contributed by atoms with van der Waals surface area (Å²) in [5, 5.41) is 3.95. The number of likely N-dealkylation sites (N-methyl/N-ethyl adjacent to an activating group) is 1. The Kier molecular flexibility index (Phi) is 4.84. The van der Waals surface area contributed by atoms with Crippen molar-refractivity contribution >= 4 is 11.6 Å². The third-order valence-electron chi connectivity index (χ3n) is 3.18. The van der Waals surface area contributed by atoms with Crippen molar-refractivity contribution in [3.63, 3.8) is 0 Å². The van der Waals surface area contributed by atoms with Gasteiger partial charge in [-0.25, -0.2) is 0 Å². The van der Waals surface area contributed by atoms with E-state index in [1.165, 1.54) is 19.3 Å². The molecule has 1 saturated carbocycles.